The van der Waals surface area contributed by atoms with Crippen LogP contribution in [0.3, 0.4) is 0 Å². The summed E-state index contributed by atoms with van der Waals surface area (Å²) in [5.74, 6) is 2.43. The van der Waals surface area contributed by atoms with Crippen LogP contribution in [-0.2, 0) is 19.9 Å². The second kappa shape index (κ2) is 16.6. The predicted octanol–water partition coefficient (Wildman–Crippen LogP) is 4.97. The molecule has 1 saturated carbocycles. The van der Waals surface area contributed by atoms with Crippen molar-refractivity contribution in [3.8, 4) is 23.0 Å². The van der Waals surface area contributed by atoms with Gasteiger partial charge in [-0.05, 0) is 91.9 Å². The maximum atomic E-state index is 14.2. The maximum Gasteiger partial charge on any atom is 0.251 e. The number of hydrogen-bond acceptors (Lipinski definition) is 8. The zero-order valence-corrected chi connectivity index (χ0v) is 30.4. The molecular formula is C39H45BrN4O7. The van der Waals surface area contributed by atoms with Crippen LogP contribution in [0.4, 0.5) is 0 Å². The van der Waals surface area contributed by atoms with Crippen molar-refractivity contribution in [3.63, 3.8) is 0 Å². The fourth-order valence-electron chi connectivity index (χ4n) is 6.71. The minimum absolute atomic E-state index is 0.0286. The first-order valence-corrected chi connectivity index (χ1v) is 18.3. The number of methoxy groups -OCH3 is 1. The summed E-state index contributed by atoms with van der Waals surface area (Å²) in [6.07, 6.45) is 5.25. The van der Waals surface area contributed by atoms with Gasteiger partial charge < -0.3 is 34.5 Å². The predicted molar refractivity (Wildman–Crippen MR) is 196 cm³/mol. The van der Waals surface area contributed by atoms with Crippen molar-refractivity contribution < 1.29 is 33.3 Å². The molecule has 3 aromatic carbocycles. The van der Waals surface area contributed by atoms with Gasteiger partial charge in [-0.15, -0.1) is 0 Å². The number of nitrogens with two attached hydrogens (primary N) is 1. The highest BCUT2D eigenvalue weighted by Crippen LogP contribution is 2.39. The molecule has 1 saturated heterocycles. The van der Waals surface area contributed by atoms with Crippen LogP contribution >= 0.6 is 15.9 Å². The molecule has 2 atom stereocenters. The van der Waals surface area contributed by atoms with E-state index in [9.17, 15) is 14.4 Å². The van der Waals surface area contributed by atoms with Crippen LogP contribution in [0.5, 0.6) is 23.0 Å². The molecule has 0 radical (unpaired) electrons. The summed E-state index contributed by atoms with van der Waals surface area (Å²) >= 11 is 3.43. The molecule has 6 rings (SSSR count). The average Bonchev–Trinajstić information content (AvgIpc) is 3.98. The fourth-order valence-corrected chi connectivity index (χ4v) is 6.97. The third-order valence-electron chi connectivity index (χ3n) is 9.52. The van der Waals surface area contributed by atoms with E-state index in [2.05, 4.69) is 27.3 Å². The van der Waals surface area contributed by atoms with Crippen LogP contribution in [0.1, 0.15) is 44.1 Å². The number of fused-ring (bicyclic) bond motifs is 2. The van der Waals surface area contributed by atoms with Crippen LogP contribution < -0.4 is 30.0 Å². The number of nitrogens with zero attached hydrogens (tertiary/aromatic N) is 2. The van der Waals surface area contributed by atoms with Crippen LogP contribution in [0.15, 0.2) is 88.9 Å². The molecule has 2 heterocycles. The Kier molecular flexibility index (Phi) is 11.8. The molecule has 1 aliphatic carbocycles. The van der Waals surface area contributed by atoms with Gasteiger partial charge >= 0.3 is 0 Å². The van der Waals surface area contributed by atoms with Gasteiger partial charge in [0.1, 0.15) is 42.8 Å². The molecule has 3 aliphatic rings. The molecule has 3 amide bonds. The first-order valence-electron chi connectivity index (χ1n) is 17.5. The maximum absolute atomic E-state index is 14.2. The SMILES string of the molecule is COc1ccc(OCCN(C(=O)C2=CCC3(c4ccc(OCCOc5ccc(Br)cc5)cc4)CN(C(=O)CCCC(N)=O)CC2N3)C2CC2)cc1. The first kappa shape index (κ1) is 36.2. The standard InChI is InChI=1S/C39H45BrN4O7/c1-48-30-15-17-33(18-16-30)49-22-21-44(29-9-10-29)38(47)34-19-20-39(26-43(25-35(34)42-39)37(46)4-2-3-36(41)45)27-5-11-31(12-6-27)50-23-24-51-32-13-7-28(40)8-14-32/h5-8,11-19,29,35,42H,2-4,9-10,20-26H2,1H3,(H2,41,45). The minimum Gasteiger partial charge on any atom is -0.497 e. The fraction of sp³-hybridized carbons (Fsp3) is 0.410. The number of halogens is 1. The van der Waals surface area contributed by atoms with Gasteiger partial charge in [0.2, 0.25) is 11.8 Å². The second-order valence-corrected chi connectivity index (χ2v) is 14.1. The van der Waals surface area contributed by atoms with Crippen molar-refractivity contribution in [1.82, 2.24) is 15.1 Å². The molecule has 51 heavy (non-hydrogen) atoms. The zero-order valence-electron chi connectivity index (χ0n) is 28.9. The quantitative estimate of drug-likeness (QED) is 0.185. The molecule has 11 nitrogen and oxygen atoms in total. The van der Waals surface area contributed by atoms with E-state index in [4.69, 9.17) is 24.7 Å². The van der Waals surface area contributed by atoms with Crippen LogP contribution in [0.25, 0.3) is 0 Å². The Morgan fingerprint density at radius 2 is 1.45 bits per heavy atom. The Bertz CT molecular complexity index is 1700. The van der Waals surface area contributed by atoms with Crippen molar-refractivity contribution in [1.29, 1.82) is 0 Å². The van der Waals surface area contributed by atoms with Gasteiger partial charge in [-0.3, -0.25) is 19.7 Å². The van der Waals surface area contributed by atoms with Crippen LogP contribution in [-0.4, -0.2) is 86.2 Å². The number of piperazine rings is 1. The summed E-state index contributed by atoms with van der Waals surface area (Å²) in [5.41, 5.74) is 6.41. The van der Waals surface area contributed by atoms with E-state index in [0.717, 1.165) is 34.4 Å². The van der Waals surface area contributed by atoms with Crippen LogP contribution in [0.2, 0.25) is 0 Å². The number of amides is 3. The molecule has 3 aromatic rings. The largest absolute Gasteiger partial charge is 0.497 e. The number of nitrogens with one attached hydrogen (secondary N) is 1. The van der Waals surface area contributed by atoms with Gasteiger partial charge in [0.05, 0.1) is 25.2 Å². The highest BCUT2D eigenvalue weighted by Gasteiger charge is 2.47. The molecule has 270 valence electrons. The van der Waals surface area contributed by atoms with Crippen molar-refractivity contribution in [2.24, 2.45) is 5.73 Å². The Labute approximate surface area is 307 Å². The van der Waals surface area contributed by atoms with E-state index in [1.165, 1.54) is 0 Å². The Balaban J connectivity index is 1.14. The Morgan fingerprint density at radius 1 is 0.863 bits per heavy atom. The summed E-state index contributed by atoms with van der Waals surface area (Å²) in [4.78, 5) is 42.9. The molecule has 0 aromatic heterocycles. The number of ether oxygens (including phenoxy) is 4. The third-order valence-corrected chi connectivity index (χ3v) is 10.1. The summed E-state index contributed by atoms with van der Waals surface area (Å²) in [6, 6.07) is 22.7. The van der Waals surface area contributed by atoms with Crippen LogP contribution in [0, 0.1) is 0 Å². The van der Waals surface area contributed by atoms with E-state index in [0.29, 0.717) is 69.4 Å². The zero-order chi connectivity index (χ0) is 35.8. The summed E-state index contributed by atoms with van der Waals surface area (Å²) < 4.78 is 23.9. The molecule has 0 spiro atoms. The van der Waals surface area contributed by atoms with E-state index >= 15 is 0 Å². The normalized spacial score (nSPS) is 19.5. The van der Waals surface area contributed by atoms with E-state index in [1.807, 2.05) is 82.6 Å². The molecule has 2 bridgehead atoms. The number of benzene rings is 3. The van der Waals surface area contributed by atoms with Crippen molar-refractivity contribution >= 4 is 33.7 Å². The van der Waals surface area contributed by atoms with E-state index in [1.54, 1.807) is 7.11 Å². The van der Waals surface area contributed by atoms with Gasteiger partial charge in [-0.25, -0.2) is 0 Å². The number of carbonyl (C=O) groups excluding carboxylic acids is 3. The highest BCUT2D eigenvalue weighted by molar-refractivity contribution is 9.10. The number of hydrogen-bond donors (Lipinski definition) is 2. The molecule has 2 fully saturated rings. The number of primary amides is 1. The first-order chi connectivity index (χ1) is 24.7. The van der Waals surface area contributed by atoms with Crippen molar-refractivity contribution in [3.05, 3.63) is 94.5 Å². The molecular weight excluding hydrogens is 716 g/mol. The Morgan fingerprint density at radius 3 is 2.06 bits per heavy atom. The molecule has 3 N–H and O–H groups in total. The average molecular weight is 762 g/mol. The van der Waals surface area contributed by atoms with Crippen molar-refractivity contribution in [2.45, 2.75) is 56.1 Å². The lowest BCUT2D eigenvalue weighted by atomic mass is 9.77. The summed E-state index contributed by atoms with van der Waals surface area (Å²) in [7, 11) is 1.62. The lowest BCUT2D eigenvalue weighted by molar-refractivity contribution is -0.136. The van der Waals surface area contributed by atoms with Gasteiger partial charge in [-0.1, -0.05) is 34.1 Å². The Hall–Kier alpha value is -4.55. The molecule has 2 aliphatic heterocycles. The van der Waals surface area contributed by atoms with Gasteiger partial charge in [0.15, 0.2) is 0 Å². The molecule has 12 heteroatoms. The summed E-state index contributed by atoms with van der Waals surface area (Å²) in [6.45, 7) is 2.38. The topological polar surface area (TPSA) is 133 Å². The highest BCUT2D eigenvalue weighted by atomic mass is 79.9. The van der Waals surface area contributed by atoms with Gasteiger partial charge in [0.25, 0.3) is 5.91 Å². The van der Waals surface area contributed by atoms with E-state index < -0.39 is 11.4 Å². The molecule has 2 unspecified atom stereocenters. The lowest BCUT2D eigenvalue weighted by Gasteiger charge is -2.51. The van der Waals surface area contributed by atoms with Crippen molar-refractivity contribution in [2.75, 3.05) is 46.6 Å². The van der Waals surface area contributed by atoms with Gasteiger partial charge in [-0.2, -0.15) is 0 Å². The smallest absolute Gasteiger partial charge is 0.251 e. The second-order valence-electron chi connectivity index (χ2n) is 13.2. The third kappa shape index (κ3) is 9.42. The summed E-state index contributed by atoms with van der Waals surface area (Å²) in [5, 5.41) is 3.78. The minimum atomic E-state index is -0.600. The number of carbonyl (C=O) groups is 3. The van der Waals surface area contributed by atoms with E-state index in [-0.39, 0.29) is 36.7 Å². The lowest BCUT2D eigenvalue weighted by Crippen LogP contribution is -2.66. The van der Waals surface area contributed by atoms with Gasteiger partial charge in [0, 0.05) is 42.0 Å². The monoisotopic (exact) mass is 760 g/mol. The number of rotatable bonds is 17.